The molecule has 1 rings (SSSR count). The van der Waals surface area contributed by atoms with E-state index in [0.29, 0.717) is 6.42 Å². The van der Waals surface area contributed by atoms with Crippen LogP contribution in [-0.4, -0.2) is 13.1 Å². The third-order valence-corrected chi connectivity index (χ3v) is 4.29. The van der Waals surface area contributed by atoms with Crippen LogP contribution in [0.15, 0.2) is 46.7 Å². The molecule has 0 spiro atoms. The summed E-state index contributed by atoms with van der Waals surface area (Å²) in [6.07, 6.45) is 4.20. The quantitative estimate of drug-likeness (QED) is 0.420. The molecule has 0 heterocycles. The molecule has 0 aliphatic heterocycles. The van der Waals surface area contributed by atoms with Gasteiger partial charge in [-0.05, 0) is 42.9 Å². The van der Waals surface area contributed by atoms with Crippen LogP contribution in [0.1, 0.15) is 18.9 Å². The number of esters is 1. The second kappa shape index (κ2) is 8.18. The van der Waals surface area contributed by atoms with Gasteiger partial charge in [-0.3, -0.25) is 4.79 Å². The highest BCUT2D eigenvalue weighted by molar-refractivity contribution is 8.03. The number of allylic oxidation sites excluding steroid dienone is 2. The zero-order valence-corrected chi connectivity index (χ0v) is 13.6. The molecule has 0 saturated heterocycles. The maximum atomic E-state index is 11.5. The summed E-state index contributed by atoms with van der Waals surface area (Å²) in [7, 11) is 1.39. The average molecular weight is 311 g/mol. The molecule has 0 fully saturated rings. The van der Waals surface area contributed by atoms with E-state index in [1.165, 1.54) is 12.7 Å². The molecule has 1 aromatic rings. The first-order valence-electron chi connectivity index (χ1n) is 6.29. The maximum Gasteiger partial charge on any atom is 0.312 e. The predicted molar refractivity (Wildman–Crippen MR) is 86.1 cm³/mol. The minimum absolute atomic E-state index is 0.261. The van der Waals surface area contributed by atoms with E-state index < -0.39 is 0 Å². The van der Waals surface area contributed by atoms with Crippen LogP contribution in [0.4, 0.5) is 0 Å². The van der Waals surface area contributed by atoms with Gasteiger partial charge in [0.25, 0.3) is 0 Å². The van der Waals surface area contributed by atoms with Crippen LogP contribution in [0, 0.1) is 12.8 Å². The summed E-state index contributed by atoms with van der Waals surface area (Å²) in [6.45, 7) is 7.69. The lowest BCUT2D eigenvalue weighted by Gasteiger charge is -2.09. The van der Waals surface area contributed by atoms with E-state index >= 15 is 0 Å². The number of carbonyl (C=O) groups excluding carboxylic acids is 1. The van der Waals surface area contributed by atoms with E-state index in [2.05, 4.69) is 12.6 Å². The van der Waals surface area contributed by atoms with Crippen molar-refractivity contribution in [1.82, 2.24) is 0 Å². The number of thioether (sulfide) groups is 1. The summed E-state index contributed by atoms with van der Waals surface area (Å²) in [5.74, 6) is -0.564. The molecule has 0 aromatic heterocycles. The third-order valence-electron chi connectivity index (χ3n) is 2.81. The third kappa shape index (κ3) is 5.06. The van der Waals surface area contributed by atoms with Gasteiger partial charge in [0, 0.05) is 4.90 Å². The van der Waals surface area contributed by atoms with Crippen molar-refractivity contribution in [3.8, 4) is 0 Å². The van der Waals surface area contributed by atoms with Crippen LogP contribution < -0.4 is 0 Å². The van der Waals surface area contributed by atoms with Crippen molar-refractivity contribution in [3.05, 3.63) is 52.4 Å². The van der Waals surface area contributed by atoms with Gasteiger partial charge in [0.05, 0.1) is 18.1 Å². The number of hydrogen-bond acceptors (Lipinski definition) is 3. The largest absolute Gasteiger partial charge is 0.469 e. The van der Waals surface area contributed by atoms with Gasteiger partial charge in [0.1, 0.15) is 0 Å². The van der Waals surface area contributed by atoms with Crippen LogP contribution in [0.2, 0.25) is 5.02 Å². The minimum atomic E-state index is -0.302. The number of hydrogen-bond donors (Lipinski definition) is 0. The molecule has 1 aromatic carbocycles. The monoisotopic (exact) mass is 310 g/mol. The summed E-state index contributed by atoms with van der Waals surface area (Å²) < 4.78 is 4.72. The van der Waals surface area contributed by atoms with Gasteiger partial charge in [-0.2, -0.15) is 0 Å². The van der Waals surface area contributed by atoms with Crippen LogP contribution in [-0.2, 0) is 9.53 Å². The number of halogens is 1. The van der Waals surface area contributed by atoms with Gasteiger partial charge in [0.15, 0.2) is 0 Å². The van der Waals surface area contributed by atoms with Crippen LogP contribution in [0.5, 0.6) is 0 Å². The molecular weight excluding hydrogens is 292 g/mol. The van der Waals surface area contributed by atoms with Crippen molar-refractivity contribution in [2.45, 2.75) is 25.2 Å². The van der Waals surface area contributed by atoms with Crippen LogP contribution in [0.25, 0.3) is 0 Å². The van der Waals surface area contributed by atoms with E-state index in [1.54, 1.807) is 17.8 Å². The number of methoxy groups -OCH3 is 1. The summed E-state index contributed by atoms with van der Waals surface area (Å²) in [4.78, 5) is 13.6. The Labute approximate surface area is 129 Å². The van der Waals surface area contributed by atoms with Crippen LogP contribution in [0.3, 0.4) is 0 Å². The first kappa shape index (κ1) is 16.9. The van der Waals surface area contributed by atoms with E-state index in [0.717, 1.165) is 14.8 Å². The Balaban J connectivity index is 2.72. The Kier molecular flexibility index (Phi) is 6.89. The molecule has 20 heavy (non-hydrogen) atoms. The second-order valence-electron chi connectivity index (χ2n) is 4.45. The second-order valence-corrected chi connectivity index (χ2v) is 6.15. The fourth-order valence-electron chi connectivity index (χ4n) is 1.64. The Morgan fingerprint density at radius 1 is 1.55 bits per heavy atom. The number of aryl methyl sites for hydroxylation is 1. The maximum absolute atomic E-state index is 11.5. The molecule has 0 aliphatic carbocycles. The first-order valence-corrected chi connectivity index (χ1v) is 7.48. The molecule has 4 heteroatoms. The summed E-state index contributed by atoms with van der Waals surface area (Å²) in [6, 6.07) is 5.93. The molecule has 0 N–H and O–H groups in total. The molecule has 0 aliphatic rings. The van der Waals surface area contributed by atoms with E-state index in [-0.39, 0.29) is 11.9 Å². The van der Waals surface area contributed by atoms with Crippen molar-refractivity contribution < 1.29 is 9.53 Å². The van der Waals surface area contributed by atoms with Gasteiger partial charge >= 0.3 is 5.97 Å². The van der Waals surface area contributed by atoms with Gasteiger partial charge in [-0.25, -0.2) is 0 Å². The van der Waals surface area contributed by atoms with E-state index in [1.807, 2.05) is 32.1 Å². The lowest BCUT2D eigenvalue weighted by Crippen LogP contribution is -2.12. The molecule has 0 bridgehead atoms. The molecule has 108 valence electrons. The van der Waals surface area contributed by atoms with E-state index in [4.69, 9.17) is 16.3 Å². The Hall–Kier alpha value is -1.19. The Morgan fingerprint density at radius 3 is 2.85 bits per heavy atom. The summed E-state index contributed by atoms with van der Waals surface area (Å²) in [5.41, 5.74) is 1.17. The van der Waals surface area contributed by atoms with Gasteiger partial charge in [-0.1, -0.05) is 41.6 Å². The summed E-state index contributed by atoms with van der Waals surface area (Å²) >= 11 is 7.76. The van der Waals surface area contributed by atoms with Crippen molar-refractivity contribution in [2.24, 2.45) is 5.92 Å². The predicted octanol–water partition coefficient (Wildman–Crippen LogP) is 5.01. The molecule has 0 radical (unpaired) electrons. The van der Waals surface area contributed by atoms with Crippen molar-refractivity contribution >= 4 is 29.3 Å². The van der Waals surface area contributed by atoms with Crippen LogP contribution >= 0.6 is 23.4 Å². The zero-order chi connectivity index (χ0) is 15.1. The molecule has 0 amide bonds. The Morgan fingerprint density at radius 2 is 2.25 bits per heavy atom. The summed E-state index contributed by atoms with van der Waals surface area (Å²) in [5, 5.41) is 0.738. The number of benzene rings is 1. The average Bonchev–Trinajstić information content (AvgIpc) is 2.43. The zero-order valence-electron chi connectivity index (χ0n) is 12.0. The lowest BCUT2D eigenvalue weighted by molar-refractivity contribution is -0.143. The van der Waals surface area contributed by atoms with Gasteiger partial charge < -0.3 is 4.74 Å². The van der Waals surface area contributed by atoms with Crippen molar-refractivity contribution in [2.75, 3.05) is 7.11 Å². The minimum Gasteiger partial charge on any atom is -0.469 e. The standard InChI is InChI=1S/C16H19ClO2S/c1-5-13(16(18)19-4)8-7-12(3)20-15-10-11(2)6-9-14(15)17/h5-7,9-10,13H,1,8H2,2-4H3/b12-7+. The topological polar surface area (TPSA) is 26.3 Å². The van der Waals surface area contributed by atoms with Crippen molar-refractivity contribution in [3.63, 3.8) is 0 Å². The molecule has 1 atom stereocenters. The lowest BCUT2D eigenvalue weighted by atomic mass is 10.1. The van der Waals surface area contributed by atoms with Crippen molar-refractivity contribution in [1.29, 1.82) is 0 Å². The highest BCUT2D eigenvalue weighted by atomic mass is 35.5. The first-order chi connectivity index (χ1) is 9.47. The molecule has 0 saturated carbocycles. The number of carbonyl (C=O) groups is 1. The highest BCUT2D eigenvalue weighted by Crippen LogP contribution is 2.33. The smallest absolute Gasteiger partial charge is 0.312 e. The van der Waals surface area contributed by atoms with E-state index in [9.17, 15) is 4.79 Å². The normalized spacial score (nSPS) is 12.9. The fourth-order valence-corrected chi connectivity index (χ4v) is 2.81. The Bertz CT molecular complexity index is 523. The molecule has 1 unspecified atom stereocenters. The van der Waals surface area contributed by atoms with Gasteiger partial charge in [-0.15, -0.1) is 6.58 Å². The van der Waals surface area contributed by atoms with Gasteiger partial charge in [0.2, 0.25) is 0 Å². The molecule has 2 nitrogen and oxygen atoms in total. The SMILES string of the molecule is C=CC(C/C=C(\C)Sc1cc(C)ccc1Cl)C(=O)OC. The fraction of sp³-hybridized carbons (Fsp3) is 0.312. The molecular formula is C16H19ClO2S. The highest BCUT2D eigenvalue weighted by Gasteiger charge is 2.13. The number of rotatable bonds is 6. The number of ether oxygens (including phenoxy) is 1.